The molecule has 0 aliphatic heterocycles. The fourth-order valence-electron chi connectivity index (χ4n) is 1.84. The highest BCUT2D eigenvalue weighted by Crippen LogP contribution is 2.33. The number of pyridine rings is 1. The van der Waals surface area contributed by atoms with E-state index in [2.05, 4.69) is 36.8 Å². The van der Waals surface area contributed by atoms with Crippen LogP contribution in [0, 0.1) is 0 Å². The second-order valence-electron chi connectivity index (χ2n) is 4.43. The number of nitrogens with zero attached hydrogens (tertiary/aromatic N) is 2. The number of nitrogens with two attached hydrogens (primary N) is 1. The van der Waals surface area contributed by atoms with E-state index in [0.717, 1.165) is 5.56 Å². The van der Waals surface area contributed by atoms with Crippen molar-refractivity contribution in [3.63, 3.8) is 0 Å². The van der Waals surface area contributed by atoms with Gasteiger partial charge in [-0.05, 0) is 39.7 Å². The molecule has 0 unspecified atom stereocenters. The molecule has 0 aliphatic carbocycles. The van der Waals surface area contributed by atoms with Crippen LogP contribution in [0.2, 0.25) is 0 Å². The molecule has 8 heteroatoms. The Kier molecular flexibility index (Phi) is 5.03. The van der Waals surface area contributed by atoms with E-state index < -0.39 is 10.0 Å². The van der Waals surface area contributed by atoms with Gasteiger partial charge >= 0.3 is 0 Å². The summed E-state index contributed by atoms with van der Waals surface area (Å²) in [6, 6.07) is 6.80. The highest BCUT2D eigenvalue weighted by atomic mass is 79.9. The molecular weight excluding hydrogens is 422 g/mol. The number of halogens is 2. The summed E-state index contributed by atoms with van der Waals surface area (Å²) in [5, 5.41) is 0. The smallest absolute Gasteiger partial charge is 0.246 e. The van der Waals surface area contributed by atoms with Crippen molar-refractivity contribution < 1.29 is 8.42 Å². The van der Waals surface area contributed by atoms with E-state index in [1.807, 2.05) is 6.07 Å². The van der Waals surface area contributed by atoms with Gasteiger partial charge in [-0.3, -0.25) is 4.98 Å². The van der Waals surface area contributed by atoms with Gasteiger partial charge in [0.25, 0.3) is 0 Å². The fourth-order valence-corrected chi connectivity index (χ4v) is 5.01. The van der Waals surface area contributed by atoms with Crippen LogP contribution < -0.4 is 5.73 Å². The predicted molar refractivity (Wildman–Crippen MR) is 89.1 cm³/mol. The van der Waals surface area contributed by atoms with E-state index in [-0.39, 0.29) is 17.1 Å². The zero-order chi connectivity index (χ0) is 15.6. The molecule has 5 nitrogen and oxygen atoms in total. The number of hydrogen-bond acceptors (Lipinski definition) is 4. The Hall–Kier alpha value is -0.960. The Labute approximate surface area is 140 Å². The topological polar surface area (TPSA) is 76.3 Å². The molecule has 2 aromatic rings. The van der Waals surface area contributed by atoms with Gasteiger partial charge in [-0.15, -0.1) is 0 Å². The maximum absolute atomic E-state index is 12.7. The van der Waals surface area contributed by atoms with Gasteiger partial charge in [0.15, 0.2) is 0 Å². The second kappa shape index (κ2) is 6.43. The summed E-state index contributed by atoms with van der Waals surface area (Å²) < 4.78 is 27.7. The van der Waals surface area contributed by atoms with Gasteiger partial charge in [-0.2, -0.15) is 4.31 Å². The largest absolute Gasteiger partial charge is 0.398 e. The lowest BCUT2D eigenvalue weighted by Gasteiger charge is -2.19. The molecule has 2 N–H and O–H groups in total. The first-order valence-electron chi connectivity index (χ1n) is 5.92. The average Bonchev–Trinajstić information content (AvgIpc) is 2.38. The van der Waals surface area contributed by atoms with Gasteiger partial charge < -0.3 is 5.73 Å². The van der Waals surface area contributed by atoms with E-state index in [4.69, 9.17) is 5.73 Å². The Bertz CT molecular complexity index is 728. The van der Waals surface area contributed by atoms with Crippen LogP contribution in [-0.4, -0.2) is 24.8 Å². The summed E-state index contributed by atoms with van der Waals surface area (Å²) >= 11 is 6.54. The minimum absolute atomic E-state index is 0.0668. The Morgan fingerprint density at radius 2 is 2.05 bits per heavy atom. The van der Waals surface area contributed by atoms with Gasteiger partial charge in [-0.25, -0.2) is 8.42 Å². The first kappa shape index (κ1) is 16.4. The zero-order valence-electron chi connectivity index (χ0n) is 11.1. The Balaban J connectivity index is 2.38. The number of benzene rings is 1. The molecule has 0 amide bonds. The monoisotopic (exact) mass is 433 g/mol. The lowest BCUT2D eigenvalue weighted by atomic mass is 10.3. The highest BCUT2D eigenvalue weighted by molar-refractivity contribution is 9.11. The molecule has 0 bridgehead atoms. The molecule has 0 aliphatic rings. The minimum Gasteiger partial charge on any atom is -0.398 e. The molecule has 112 valence electrons. The van der Waals surface area contributed by atoms with E-state index in [1.54, 1.807) is 30.6 Å². The van der Waals surface area contributed by atoms with Crippen molar-refractivity contribution in [2.45, 2.75) is 11.4 Å². The minimum atomic E-state index is -3.70. The summed E-state index contributed by atoms with van der Waals surface area (Å²) in [7, 11) is -2.19. The lowest BCUT2D eigenvalue weighted by molar-refractivity contribution is 0.466. The molecule has 1 aromatic carbocycles. The molecule has 1 heterocycles. The molecule has 0 saturated carbocycles. The Morgan fingerprint density at radius 3 is 2.62 bits per heavy atom. The molecule has 2 rings (SSSR count). The lowest BCUT2D eigenvalue weighted by Crippen LogP contribution is -2.27. The van der Waals surface area contributed by atoms with E-state index >= 15 is 0 Å². The number of nitrogen functional groups attached to an aromatic ring is 1. The van der Waals surface area contributed by atoms with Gasteiger partial charge in [0.2, 0.25) is 10.0 Å². The Morgan fingerprint density at radius 1 is 1.33 bits per heavy atom. The van der Waals surface area contributed by atoms with Crippen LogP contribution in [0.25, 0.3) is 0 Å². The summed E-state index contributed by atoms with van der Waals surface area (Å²) in [5.74, 6) is 0. The molecular formula is C13H13Br2N3O2S. The standard InChI is InChI=1S/C13H13Br2N3O2S/c1-18(8-9-3-2-4-17-7-9)21(19,20)13-11(15)5-10(14)6-12(13)16/h2-7H,8,16H2,1H3. The van der Waals surface area contributed by atoms with Crippen LogP contribution in [0.3, 0.4) is 0 Å². The quantitative estimate of drug-likeness (QED) is 0.750. The fraction of sp³-hybridized carbons (Fsp3) is 0.154. The molecule has 0 saturated heterocycles. The van der Waals surface area contributed by atoms with Crippen molar-refractivity contribution in [2.75, 3.05) is 12.8 Å². The van der Waals surface area contributed by atoms with Crippen molar-refractivity contribution in [1.82, 2.24) is 9.29 Å². The summed E-state index contributed by atoms with van der Waals surface area (Å²) in [6.07, 6.45) is 3.27. The van der Waals surface area contributed by atoms with Crippen molar-refractivity contribution in [2.24, 2.45) is 0 Å². The van der Waals surface area contributed by atoms with E-state index in [9.17, 15) is 8.42 Å². The number of anilines is 1. The number of rotatable bonds is 4. The van der Waals surface area contributed by atoms with E-state index in [1.165, 1.54) is 11.4 Å². The second-order valence-corrected chi connectivity index (χ2v) is 8.18. The number of sulfonamides is 1. The molecule has 1 aromatic heterocycles. The third-order valence-corrected chi connectivity index (χ3v) is 6.10. The zero-order valence-corrected chi connectivity index (χ0v) is 15.1. The van der Waals surface area contributed by atoms with Crippen LogP contribution in [-0.2, 0) is 16.6 Å². The van der Waals surface area contributed by atoms with Crippen molar-refractivity contribution in [3.8, 4) is 0 Å². The maximum atomic E-state index is 12.7. The molecule has 0 atom stereocenters. The maximum Gasteiger partial charge on any atom is 0.246 e. The van der Waals surface area contributed by atoms with Crippen LogP contribution >= 0.6 is 31.9 Å². The van der Waals surface area contributed by atoms with Crippen molar-refractivity contribution in [1.29, 1.82) is 0 Å². The van der Waals surface area contributed by atoms with E-state index in [0.29, 0.717) is 8.95 Å². The van der Waals surface area contributed by atoms with Crippen molar-refractivity contribution >= 4 is 47.6 Å². The number of hydrogen-bond donors (Lipinski definition) is 1. The molecule has 0 spiro atoms. The summed E-state index contributed by atoms with van der Waals surface area (Å²) in [6.45, 7) is 0.220. The first-order chi connectivity index (χ1) is 9.82. The first-order valence-corrected chi connectivity index (χ1v) is 8.94. The van der Waals surface area contributed by atoms with Crippen LogP contribution in [0.1, 0.15) is 5.56 Å². The average molecular weight is 435 g/mol. The van der Waals surface area contributed by atoms with Gasteiger partial charge in [0.05, 0.1) is 5.69 Å². The summed E-state index contributed by atoms with van der Waals surface area (Å²) in [4.78, 5) is 4.04. The SMILES string of the molecule is CN(Cc1cccnc1)S(=O)(=O)c1c(N)cc(Br)cc1Br. The van der Waals surface area contributed by atoms with Gasteiger partial charge in [0, 0.05) is 34.9 Å². The molecule has 0 radical (unpaired) electrons. The van der Waals surface area contributed by atoms with Crippen molar-refractivity contribution in [3.05, 3.63) is 51.2 Å². The normalized spacial score (nSPS) is 11.8. The predicted octanol–water partition coefficient (Wildman–Crippen LogP) is 3.01. The molecule has 0 fully saturated rings. The summed E-state index contributed by atoms with van der Waals surface area (Å²) in [5.41, 5.74) is 6.85. The van der Waals surface area contributed by atoms with Gasteiger partial charge in [-0.1, -0.05) is 22.0 Å². The number of aromatic nitrogens is 1. The van der Waals surface area contributed by atoms with Crippen LogP contribution in [0.4, 0.5) is 5.69 Å². The third-order valence-electron chi connectivity index (χ3n) is 2.83. The molecule has 21 heavy (non-hydrogen) atoms. The van der Waals surface area contributed by atoms with Crippen LogP contribution in [0.15, 0.2) is 50.5 Å². The highest BCUT2D eigenvalue weighted by Gasteiger charge is 2.26. The third kappa shape index (κ3) is 3.63. The van der Waals surface area contributed by atoms with Crippen LogP contribution in [0.5, 0.6) is 0 Å². The van der Waals surface area contributed by atoms with Gasteiger partial charge in [0.1, 0.15) is 4.90 Å².